The summed E-state index contributed by atoms with van der Waals surface area (Å²) < 4.78 is 18.6. The average Bonchev–Trinajstić information content (AvgIpc) is 0.776. The van der Waals surface area contributed by atoms with Gasteiger partial charge in [0.05, 0.1) is 41.5 Å². The van der Waals surface area contributed by atoms with Crippen LogP contribution in [0.25, 0.3) is 0 Å². The minimum absolute atomic E-state index is 0.0509. The summed E-state index contributed by atoms with van der Waals surface area (Å²) in [6.07, 6.45) is 14.8. The van der Waals surface area contributed by atoms with Crippen molar-refractivity contribution >= 4 is 52.1 Å². The summed E-state index contributed by atoms with van der Waals surface area (Å²) in [5.41, 5.74) is 6.52. The van der Waals surface area contributed by atoms with Gasteiger partial charge in [-0.25, -0.2) is 19.9 Å². The number of hydrogen-bond donors (Lipinski definition) is 3. The SMILES string of the molecule is CC.CC.CC.CC.CC.CC.CC.CC.CC.CC.CC.CC.CC.CC.CC.CC.CC.CC.CC.CC.CC(=O)c1ccccc1O.Cc1ncc(C)c(N2CCC(=O)CC2)n1.Cc1ncc(C)c(N2CCC3(CC2)CC(=O)c2ccccc2O3)n1.O=C1CC2(CCN(Cc3ccccc3)CC2)Oc2ccccc21.O=C1CC2(CCNCC2)Oc2ccccc21.O=C1CCN(Cc2ccccc2)CC1.O=C1CCNCC1. The summed E-state index contributed by atoms with van der Waals surface area (Å²) in [4.78, 5) is 107. The number of nitrogens with one attached hydrogen (secondary N) is 2. The molecule has 17 rings (SSSR count). The Labute approximate surface area is 915 Å². The maximum absolute atomic E-state index is 12.5. The van der Waals surface area contributed by atoms with E-state index in [1.165, 1.54) is 24.1 Å². The zero-order chi connectivity index (χ0) is 117. The molecular weight excluding hydrogens is 1850 g/mol. The van der Waals surface area contributed by atoms with Gasteiger partial charge in [0.15, 0.2) is 23.1 Å². The number of aromatic hydroxyl groups is 1. The second kappa shape index (κ2) is 108. The summed E-state index contributed by atoms with van der Waals surface area (Å²) in [5.74, 6) is 7.57. The number of phenolic OH excluding ortho intramolecular Hbond substituents is 1. The number of anilines is 2. The first-order valence-corrected chi connectivity index (χ1v) is 58.5. The molecule has 6 aromatic carbocycles. The largest absolute Gasteiger partial charge is 0.507 e. The molecule has 3 spiro atoms. The van der Waals surface area contributed by atoms with Crippen molar-refractivity contribution in [2.75, 3.05) is 88.3 Å². The van der Waals surface area contributed by atoms with Gasteiger partial charge < -0.3 is 39.8 Å². The molecule has 0 bridgehead atoms. The van der Waals surface area contributed by atoms with E-state index < -0.39 is 0 Å². The molecule has 0 atom stereocenters. The highest BCUT2D eigenvalue weighted by atomic mass is 16.5. The number of para-hydroxylation sites is 4. The molecule has 8 aromatic rings. The van der Waals surface area contributed by atoms with Gasteiger partial charge in [-0.1, -0.05) is 386 Å². The maximum Gasteiger partial charge on any atom is 0.170 e. The summed E-state index contributed by atoms with van der Waals surface area (Å²) in [6.45, 7) is 102. The lowest BCUT2D eigenvalue weighted by Crippen LogP contribution is -2.51. The zero-order valence-corrected chi connectivity index (χ0v) is 104. The standard InChI is InChI=1S/C20H21NO2.C19H21N3O2.C13H15NO2.C12H15NO.C11H15N3O.C8H8O2.C5H9NO.20C2H6/c22-18-14-20(23-19-9-5-4-8-17(18)19)10-12-21(13-11-20)15-16-6-2-1-3-7-16;1-13-12-20-14(2)21-18(13)22-9-7-19(8-10-22)11-16(23)15-5-3-4-6-17(15)24-19;15-11-9-13(5-7-14-8-6-13)16-12-4-2-1-3-10(11)12;14-12-6-8-13(9-7-12)10-11-4-2-1-3-5-11;1-8-7-12-9(2)13-11(8)14-5-3-10(15)4-6-14;1-6(9)7-4-2-3-5-8(7)10;7-5-1-3-6-4-2-5;20*1-2/h1-9H,10-15H2;3-6,12H,7-11H2,1-2H3;1-4,14H,5-9H2;1-5H,6-10H2;7H,3-6H2,1-2H3;2-5,10H,1H3;6H,1-4H2;20*1-2H3. The molecule has 3 N–H and O–H groups in total. The van der Waals surface area contributed by atoms with Crippen molar-refractivity contribution in [3.05, 3.63) is 226 Å². The van der Waals surface area contributed by atoms with E-state index in [0.29, 0.717) is 60.6 Å². The van der Waals surface area contributed by atoms with Crippen molar-refractivity contribution in [3.63, 3.8) is 0 Å². The number of carbonyl (C=O) groups is 7. The van der Waals surface area contributed by atoms with Crippen LogP contribution in [-0.2, 0) is 27.5 Å². The Morgan fingerprint density at radius 3 is 0.859 bits per heavy atom. The number of ketones is 7. The summed E-state index contributed by atoms with van der Waals surface area (Å²) in [6, 6.07) is 50.2. The maximum atomic E-state index is 12.5. The van der Waals surface area contributed by atoms with Crippen LogP contribution < -0.4 is 34.6 Å². The van der Waals surface area contributed by atoms with Crippen LogP contribution in [0.1, 0.15) is 456 Å². The molecule has 0 unspecified atom stereocenters. The highest BCUT2D eigenvalue weighted by molar-refractivity contribution is 6.02. The van der Waals surface area contributed by atoms with E-state index >= 15 is 0 Å². The van der Waals surface area contributed by atoms with Gasteiger partial charge in [0, 0.05) is 179 Å². The van der Waals surface area contributed by atoms with E-state index in [9.17, 15) is 33.6 Å². The number of phenols is 1. The van der Waals surface area contributed by atoms with Crippen LogP contribution >= 0.6 is 0 Å². The Kier molecular flexibility index (Phi) is 115. The van der Waals surface area contributed by atoms with Crippen LogP contribution in [-0.4, -0.2) is 171 Å². The molecule has 21 nitrogen and oxygen atoms in total. The lowest BCUT2D eigenvalue weighted by molar-refractivity contribution is -0.122. The van der Waals surface area contributed by atoms with Gasteiger partial charge in [-0.05, 0) is 107 Å². The molecule has 0 radical (unpaired) electrons. The smallest absolute Gasteiger partial charge is 0.170 e. The molecule has 0 aliphatic carbocycles. The van der Waals surface area contributed by atoms with Crippen molar-refractivity contribution in [1.29, 1.82) is 0 Å². The molecule has 21 heteroatoms. The van der Waals surface area contributed by atoms with Crippen molar-refractivity contribution < 1.29 is 52.9 Å². The van der Waals surface area contributed by atoms with Crippen LogP contribution in [0, 0.1) is 27.7 Å². The van der Waals surface area contributed by atoms with Gasteiger partial charge in [0.25, 0.3) is 0 Å². The number of benzene rings is 6. The van der Waals surface area contributed by atoms with E-state index in [1.54, 1.807) is 18.2 Å². The summed E-state index contributed by atoms with van der Waals surface area (Å²) in [7, 11) is 0. The van der Waals surface area contributed by atoms with Crippen molar-refractivity contribution in [2.24, 2.45) is 0 Å². The second-order valence-electron chi connectivity index (χ2n) is 29.7. The summed E-state index contributed by atoms with van der Waals surface area (Å²) in [5, 5.41) is 15.5. The molecule has 0 amide bonds. The Morgan fingerprint density at radius 1 is 0.309 bits per heavy atom. The molecule has 149 heavy (non-hydrogen) atoms. The Bertz CT molecular complexity index is 4420. The van der Waals surface area contributed by atoms with E-state index in [4.69, 9.17) is 19.3 Å². The van der Waals surface area contributed by atoms with Crippen LogP contribution in [0.4, 0.5) is 11.6 Å². The number of fused-ring (bicyclic) bond motifs is 3. The number of carbonyl (C=O) groups excluding carboxylic acids is 7. The molecule has 11 heterocycles. The average molecular weight is 2080 g/mol. The summed E-state index contributed by atoms with van der Waals surface area (Å²) >= 11 is 0. The van der Waals surface area contributed by atoms with Gasteiger partial charge >= 0.3 is 0 Å². The van der Waals surface area contributed by atoms with E-state index in [2.05, 4.69) is 98.7 Å². The monoisotopic (exact) mass is 2080 g/mol. The third-order valence-corrected chi connectivity index (χ3v) is 21.4. The van der Waals surface area contributed by atoms with E-state index in [-0.39, 0.29) is 45.7 Å². The topological polar surface area (TPSA) is 256 Å². The molecule has 9 aliphatic heterocycles. The molecule has 852 valence electrons. The Morgan fingerprint density at radius 2 is 0.564 bits per heavy atom. The Balaban J connectivity index is -0.000000182. The fourth-order valence-corrected chi connectivity index (χ4v) is 15.1. The van der Waals surface area contributed by atoms with Crippen molar-refractivity contribution in [2.45, 2.75) is 438 Å². The fourth-order valence-electron chi connectivity index (χ4n) is 15.1. The van der Waals surface area contributed by atoms with Gasteiger partial charge in [-0.3, -0.25) is 43.4 Å². The number of hydrogen-bond acceptors (Lipinski definition) is 21. The number of nitrogens with zero attached hydrogens (tertiary/aromatic N) is 8. The van der Waals surface area contributed by atoms with Gasteiger partial charge in [-0.2, -0.15) is 0 Å². The highest BCUT2D eigenvalue weighted by Gasteiger charge is 2.45. The normalized spacial score (nSPS) is 14.5. The quantitative estimate of drug-likeness (QED) is 0.125. The number of aromatic nitrogens is 4. The number of likely N-dealkylation sites (tertiary alicyclic amines) is 2. The lowest BCUT2D eigenvalue weighted by Gasteiger charge is -2.44. The fraction of sp³-hybridized carbons (Fsp3) is 0.602. The predicted molar refractivity (Wildman–Crippen MR) is 648 cm³/mol. The first kappa shape index (κ1) is 159. The van der Waals surface area contributed by atoms with E-state index in [1.807, 2.05) is 402 Å². The molecule has 9 aliphatic rings. The number of piperidine rings is 6. The van der Waals surface area contributed by atoms with Crippen LogP contribution in [0.5, 0.6) is 23.0 Å². The number of ether oxygens (including phenoxy) is 3. The van der Waals surface area contributed by atoms with Crippen LogP contribution in [0.3, 0.4) is 0 Å². The van der Waals surface area contributed by atoms with Gasteiger partial charge in [-0.15, -0.1) is 0 Å². The van der Waals surface area contributed by atoms with E-state index in [0.717, 1.165) is 219 Å². The number of rotatable bonds is 7. The molecule has 0 saturated carbocycles. The lowest BCUT2D eigenvalue weighted by atomic mass is 9.82. The predicted octanol–water partition coefficient (Wildman–Crippen LogP) is 33.7. The molecule has 6 saturated heterocycles. The number of Topliss-reactive ketones (excluding diaryl/α,β-unsaturated/α-hetero) is 7. The zero-order valence-electron chi connectivity index (χ0n) is 104. The third-order valence-electron chi connectivity index (χ3n) is 21.4. The van der Waals surface area contributed by atoms with Crippen LogP contribution in [0.2, 0.25) is 0 Å². The van der Waals surface area contributed by atoms with Gasteiger partial charge in [0.1, 0.15) is 80.4 Å². The third kappa shape index (κ3) is 63.7. The molecule has 6 fully saturated rings. The molecule has 2 aromatic heterocycles. The Hall–Kier alpha value is -10.2. The van der Waals surface area contributed by atoms with Crippen molar-refractivity contribution in [3.8, 4) is 23.0 Å². The van der Waals surface area contributed by atoms with Crippen LogP contribution in [0.15, 0.2) is 170 Å². The first-order chi connectivity index (χ1) is 72.7. The highest BCUT2D eigenvalue weighted by Crippen LogP contribution is 2.43. The minimum atomic E-state index is -0.363. The van der Waals surface area contributed by atoms with Crippen molar-refractivity contribution in [1.82, 2.24) is 40.4 Å². The van der Waals surface area contributed by atoms with Gasteiger partial charge in [0.2, 0.25) is 0 Å². The number of aryl methyl sites for hydroxylation is 4. The molecular formula is C128H224N10O11. The second-order valence-corrected chi connectivity index (χ2v) is 29.7. The first-order valence-electron chi connectivity index (χ1n) is 58.5. The minimum Gasteiger partial charge on any atom is -0.507 e.